The molecule has 0 spiro atoms. The lowest BCUT2D eigenvalue weighted by molar-refractivity contribution is -0.670. The van der Waals surface area contributed by atoms with Crippen LogP contribution in [0, 0.1) is 0 Å². The van der Waals surface area contributed by atoms with Gasteiger partial charge in [-0.25, -0.2) is 0 Å². The van der Waals surface area contributed by atoms with Crippen molar-refractivity contribution in [3.05, 3.63) is 64.7 Å². The molecule has 3 N–H and O–H groups in total. The number of quaternary nitrogens is 1. The van der Waals surface area contributed by atoms with E-state index in [1.54, 1.807) is 12.1 Å². The summed E-state index contributed by atoms with van der Waals surface area (Å²) in [5, 5.41) is 12.5. The van der Waals surface area contributed by atoms with E-state index in [-0.39, 0.29) is 0 Å². The molecule has 0 fully saturated rings. The normalized spacial score (nSPS) is 10.5. The Labute approximate surface area is 112 Å². The standard InChI is InChI=1S/C15H16ClNO/c16-14-6-7-15(18)13(10-14)11-17-9-8-12-4-2-1-3-5-12/h1-7,10,17-18H,8-9,11H2/p+1. The van der Waals surface area contributed by atoms with Gasteiger partial charge in [-0.2, -0.15) is 0 Å². The minimum Gasteiger partial charge on any atom is -0.507 e. The monoisotopic (exact) mass is 262 g/mol. The number of phenols is 1. The van der Waals surface area contributed by atoms with Crippen molar-refractivity contribution in [1.82, 2.24) is 0 Å². The summed E-state index contributed by atoms with van der Waals surface area (Å²) in [4.78, 5) is 0. The summed E-state index contributed by atoms with van der Waals surface area (Å²) in [5.74, 6) is 0.315. The van der Waals surface area contributed by atoms with Gasteiger partial charge in [0.25, 0.3) is 0 Å². The van der Waals surface area contributed by atoms with Crippen molar-refractivity contribution in [2.24, 2.45) is 0 Å². The van der Waals surface area contributed by atoms with Gasteiger partial charge in [-0.1, -0.05) is 41.9 Å². The maximum absolute atomic E-state index is 9.67. The highest BCUT2D eigenvalue weighted by atomic mass is 35.5. The molecule has 18 heavy (non-hydrogen) atoms. The third kappa shape index (κ3) is 3.76. The van der Waals surface area contributed by atoms with Crippen molar-refractivity contribution in [3.63, 3.8) is 0 Å². The summed E-state index contributed by atoms with van der Waals surface area (Å²) in [6.45, 7) is 1.75. The first kappa shape index (κ1) is 12.9. The predicted octanol–water partition coefficient (Wildman–Crippen LogP) is 2.35. The topological polar surface area (TPSA) is 36.8 Å². The Hall–Kier alpha value is -1.51. The van der Waals surface area contributed by atoms with Gasteiger partial charge in [0, 0.05) is 17.0 Å². The number of aromatic hydroxyl groups is 1. The van der Waals surface area contributed by atoms with E-state index >= 15 is 0 Å². The Kier molecular flexibility index (Phi) is 4.62. The summed E-state index contributed by atoms with van der Waals surface area (Å²) < 4.78 is 0. The lowest BCUT2D eigenvalue weighted by atomic mass is 10.1. The first-order valence-corrected chi connectivity index (χ1v) is 6.46. The molecule has 0 saturated heterocycles. The van der Waals surface area contributed by atoms with Gasteiger partial charge in [0.1, 0.15) is 12.3 Å². The average Bonchev–Trinajstić information content (AvgIpc) is 2.40. The highest BCUT2D eigenvalue weighted by molar-refractivity contribution is 6.30. The molecule has 0 radical (unpaired) electrons. The molecule has 0 aliphatic heterocycles. The van der Waals surface area contributed by atoms with E-state index in [0.29, 0.717) is 10.8 Å². The summed E-state index contributed by atoms with van der Waals surface area (Å²) in [7, 11) is 0. The van der Waals surface area contributed by atoms with E-state index in [2.05, 4.69) is 29.6 Å². The molecule has 2 aromatic rings. The smallest absolute Gasteiger partial charge is 0.124 e. The van der Waals surface area contributed by atoms with Crippen LogP contribution in [0.3, 0.4) is 0 Å². The SMILES string of the molecule is Oc1ccc(Cl)cc1C[NH2+]CCc1ccccc1. The van der Waals surface area contributed by atoms with Crippen LogP contribution in [-0.2, 0) is 13.0 Å². The molecule has 0 bridgehead atoms. The van der Waals surface area contributed by atoms with E-state index in [4.69, 9.17) is 11.6 Å². The summed E-state index contributed by atoms with van der Waals surface area (Å²) >= 11 is 5.90. The molecular weight excluding hydrogens is 246 g/mol. The van der Waals surface area contributed by atoms with Crippen LogP contribution in [0.4, 0.5) is 0 Å². The molecule has 2 nitrogen and oxygen atoms in total. The van der Waals surface area contributed by atoms with Crippen molar-refractivity contribution in [3.8, 4) is 5.75 Å². The molecule has 0 amide bonds. The highest BCUT2D eigenvalue weighted by Crippen LogP contribution is 2.20. The third-order valence-corrected chi connectivity index (χ3v) is 3.12. The molecule has 0 aliphatic rings. The fraction of sp³-hybridized carbons (Fsp3) is 0.200. The molecular formula is C15H17ClNO+. The zero-order valence-electron chi connectivity index (χ0n) is 10.1. The zero-order chi connectivity index (χ0) is 12.8. The van der Waals surface area contributed by atoms with Crippen molar-refractivity contribution in [2.45, 2.75) is 13.0 Å². The van der Waals surface area contributed by atoms with Gasteiger partial charge in [-0.15, -0.1) is 0 Å². The summed E-state index contributed by atoms with van der Waals surface area (Å²) in [6.07, 6.45) is 1.03. The second-order valence-corrected chi connectivity index (χ2v) is 4.73. The molecule has 0 saturated carbocycles. The van der Waals surface area contributed by atoms with Crippen LogP contribution in [0.15, 0.2) is 48.5 Å². The number of hydrogen-bond donors (Lipinski definition) is 2. The molecule has 2 rings (SSSR count). The fourth-order valence-electron chi connectivity index (χ4n) is 1.89. The predicted molar refractivity (Wildman–Crippen MR) is 73.8 cm³/mol. The van der Waals surface area contributed by atoms with Crippen LogP contribution < -0.4 is 5.32 Å². The first-order valence-electron chi connectivity index (χ1n) is 6.08. The Morgan fingerprint density at radius 3 is 2.61 bits per heavy atom. The number of benzene rings is 2. The maximum Gasteiger partial charge on any atom is 0.124 e. The van der Waals surface area contributed by atoms with Gasteiger partial charge in [0.15, 0.2) is 0 Å². The van der Waals surface area contributed by atoms with Gasteiger partial charge < -0.3 is 10.4 Å². The molecule has 0 heterocycles. The van der Waals surface area contributed by atoms with E-state index in [0.717, 1.165) is 25.1 Å². The molecule has 0 aromatic heterocycles. The number of halogens is 1. The minimum atomic E-state index is 0.315. The molecule has 0 aliphatic carbocycles. The largest absolute Gasteiger partial charge is 0.507 e. The van der Waals surface area contributed by atoms with Gasteiger partial charge in [-0.3, -0.25) is 0 Å². The van der Waals surface area contributed by atoms with E-state index in [9.17, 15) is 5.11 Å². The quantitative estimate of drug-likeness (QED) is 0.798. The Morgan fingerprint density at radius 2 is 1.83 bits per heavy atom. The van der Waals surface area contributed by atoms with Crippen LogP contribution in [0.1, 0.15) is 11.1 Å². The average molecular weight is 263 g/mol. The second kappa shape index (κ2) is 6.43. The van der Waals surface area contributed by atoms with E-state index in [1.807, 2.05) is 12.1 Å². The minimum absolute atomic E-state index is 0.315. The van der Waals surface area contributed by atoms with Gasteiger partial charge in [-0.05, 0) is 23.8 Å². The second-order valence-electron chi connectivity index (χ2n) is 4.29. The zero-order valence-corrected chi connectivity index (χ0v) is 10.9. The van der Waals surface area contributed by atoms with Crippen LogP contribution in [0.25, 0.3) is 0 Å². The molecule has 0 atom stereocenters. The lowest BCUT2D eigenvalue weighted by Crippen LogP contribution is -2.83. The van der Waals surface area contributed by atoms with Crippen molar-refractivity contribution in [1.29, 1.82) is 0 Å². The van der Waals surface area contributed by atoms with Gasteiger partial charge in [0.05, 0.1) is 6.54 Å². The summed E-state index contributed by atoms with van der Waals surface area (Å²) in [6, 6.07) is 15.5. The molecule has 3 heteroatoms. The van der Waals surface area contributed by atoms with Crippen molar-refractivity contribution in [2.75, 3.05) is 6.54 Å². The Balaban J connectivity index is 1.80. The van der Waals surface area contributed by atoms with Gasteiger partial charge >= 0.3 is 0 Å². The number of phenolic OH excluding ortho intramolecular Hbond substituents is 1. The van der Waals surface area contributed by atoms with Crippen LogP contribution in [0.2, 0.25) is 5.02 Å². The Morgan fingerprint density at radius 1 is 1.06 bits per heavy atom. The maximum atomic E-state index is 9.67. The van der Waals surface area contributed by atoms with Crippen molar-refractivity contribution < 1.29 is 10.4 Å². The molecule has 94 valence electrons. The summed E-state index contributed by atoms with van der Waals surface area (Å²) in [5.41, 5.74) is 2.22. The first-order chi connectivity index (χ1) is 8.75. The Bertz CT molecular complexity index is 499. The van der Waals surface area contributed by atoms with Crippen LogP contribution in [-0.4, -0.2) is 11.7 Å². The van der Waals surface area contributed by atoms with Gasteiger partial charge in [0.2, 0.25) is 0 Å². The van der Waals surface area contributed by atoms with E-state index in [1.165, 1.54) is 5.56 Å². The van der Waals surface area contributed by atoms with Crippen molar-refractivity contribution >= 4 is 11.6 Å². The number of nitrogens with two attached hydrogens (primary N) is 1. The van der Waals surface area contributed by atoms with E-state index < -0.39 is 0 Å². The lowest BCUT2D eigenvalue weighted by Gasteiger charge is -2.05. The third-order valence-electron chi connectivity index (χ3n) is 2.89. The van der Waals surface area contributed by atoms with Crippen LogP contribution in [0.5, 0.6) is 5.75 Å². The number of rotatable bonds is 5. The molecule has 2 aromatic carbocycles. The molecule has 0 unspecified atom stereocenters. The van der Waals surface area contributed by atoms with Crippen LogP contribution >= 0.6 is 11.6 Å². The fourth-order valence-corrected chi connectivity index (χ4v) is 2.08. The number of hydrogen-bond acceptors (Lipinski definition) is 1. The highest BCUT2D eigenvalue weighted by Gasteiger charge is 2.03.